The number of amidine groups is 2. The number of benzene rings is 7. The lowest BCUT2D eigenvalue weighted by atomic mass is 9.96. The van der Waals surface area contributed by atoms with Crippen molar-refractivity contribution < 1.29 is 8.83 Å². The second kappa shape index (κ2) is 11.9. The summed E-state index contributed by atoms with van der Waals surface area (Å²) in [7, 11) is 0. The third-order valence-corrected chi connectivity index (χ3v) is 9.05. The zero-order chi connectivity index (χ0) is 32.7. The Balaban J connectivity index is 1.26. The second-order valence-corrected chi connectivity index (χ2v) is 12.1. The first-order valence-corrected chi connectivity index (χ1v) is 16.2. The molecule has 0 atom stereocenters. The van der Waals surface area contributed by atoms with Crippen LogP contribution in [-0.4, -0.2) is 18.4 Å². The van der Waals surface area contributed by atoms with Crippen LogP contribution in [0.5, 0.6) is 0 Å². The molecule has 7 aromatic carbocycles. The van der Waals surface area contributed by atoms with Gasteiger partial charge in [-0.15, -0.1) is 0 Å². The topological polar surface area (TPSA) is 63.4 Å². The Kier molecular flexibility index (Phi) is 6.95. The molecule has 0 amide bonds. The molecule has 5 nitrogen and oxygen atoms in total. The van der Waals surface area contributed by atoms with Gasteiger partial charge in [0.1, 0.15) is 22.3 Å². The van der Waals surface area contributed by atoms with Crippen LogP contribution in [0.4, 0.5) is 0 Å². The van der Waals surface area contributed by atoms with Crippen molar-refractivity contribution in [2.24, 2.45) is 15.0 Å². The molecule has 2 heterocycles. The van der Waals surface area contributed by atoms with E-state index in [4.69, 9.17) is 18.8 Å². The quantitative estimate of drug-likeness (QED) is 0.140. The van der Waals surface area contributed by atoms with Gasteiger partial charge in [-0.1, -0.05) is 103 Å². The molecule has 49 heavy (non-hydrogen) atoms. The monoisotopic (exact) mass is 631 g/mol. The van der Waals surface area contributed by atoms with Crippen molar-refractivity contribution in [3.05, 3.63) is 168 Å². The summed E-state index contributed by atoms with van der Waals surface area (Å²) in [6.45, 7) is 4.47. The molecule has 0 saturated heterocycles. The van der Waals surface area contributed by atoms with Crippen LogP contribution in [0.15, 0.2) is 175 Å². The molecular formula is C44H29N3O2. The third kappa shape index (κ3) is 5.18. The predicted molar refractivity (Wildman–Crippen MR) is 203 cm³/mol. The van der Waals surface area contributed by atoms with Gasteiger partial charge in [0.2, 0.25) is 0 Å². The van der Waals surface area contributed by atoms with Gasteiger partial charge in [0.05, 0.1) is 6.54 Å². The van der Waals surface area contributed by atoms with E-state index in [1.807, 2.05) is 66.7 Å². The Morgan fingerprint density at radius 1 is 0.510 bits per heavy atom. The molecular weight excluding hydrogens is 603 g/mol. The number of hydrogen-bond acceptors (Lipinski definition) is 3. The second-order valence-electron chi connectivity index (χ2n) is 12.1. The van der Waals surface area contributed by atoms with Gasteiger partial charge in [-0.2, -0.15) is 0 Å². The van der Waals surface area contributed by atoms with Gasteiger partial charge in [0, 0.05) is 32.7 Å². The zero-order valence-electron chi connectivity index (χ0n) is 26.5. The molecule has 9 aromatic rings. The highest BCUT2D eigenvalue weighted by molar-refractivity contribution is 6.23. The summed E-state index contributed by atoms with van der Waals surface area (Å²) in [4.78, 5) is 14.8. The number of aliphatic imine (C=N–C) groups is 3. The Morgan fingerprint density at radius 2 is 1.20 bits per heavy atom. The van der Waals surface area contributed by atoms with E-state index in [0.29, 0.717) is 18.2 Å². The number of fused-ring (bicyclic) bond motifs is 7. The molecule has 0 unspecified atom stereocenters. The first-order valence-electron chi connectivity index (χ1n) is 16.2. The van der Waals surface area contributed by atoms with E-state index in [1.54, 1.807) is 0 Å². The number of hydrogen-bond donors (Lipinski definition) is 0. The Bertz CT molecular complexity index is 2770. The van der Waals surface area contributed by atoms with Crippen LogP contribution in [-0.2, 0) is 6.54 Å². The van der Waals surface area contributed by atoms with Gasteiger partial charge in [0.15, 0.2) is 11.7 Å². The van der Waals surface area contributed by atoms with E-state index in [9.17, 15) is 0 Å². The van der Waals surface area contributed by atoms with E-state index in [1.165, 1.54) is 10.8 Å². The van der Waals surface area contributed by atoms with Crippen LogP contribution < -0.4 is 0 Å². The van der Waals surface area contributed by atoms with Crippen molar-refractivity contribution in [2.75, 3.05) is 0 Å². The molecule has 0 spiro atoms. The minimum absolute atomic E-state index is 0.454. The van der Waals surface area contributed by atoms with E-state index in [0.717, 1.165) is 71.7 Å². The molecule has 232 valence electrons. The lowest BCUT2D eigenvalue weighted by Gasteiger charge is -2.10. The van der Waals surface area contributed by atoms with Crippen LogP contribution in [0.2, 0.25) is 0 Å². The number of nitrogens with zero attached hydrogens (tertiary/aromatic N) is 3. The summed E-state index contributed by atoms with van der Waals surface area (Å²) in [6.07, 6.45) is 0. The fourth-order valence-corrected chi connectivity index (χ4v) is 6.65. The maximum Gasteiger partial charge on any atom is 0.161 e. The summed E-state index contributed by atoms with van der Waals surface area (Å²) < 4.78 is 12.6. The average Bonchev–Trinajstić information content (AvgIpc) is 3.73. The van der Waals surface area contributed by atoms with Crippen LogP contribution >= 0.6 is 0 Å². The molecule has 2 aromatic heterocycles. The Hall–Kier alpha value is -6.59. The maximum absolute atomic E-state index is 6.45. The lowest BCUT2D eigenvalue weighted by Crippen LogP contribution is -2.06. The fraction of sp³-hybridized carbons (Fsp3) is 0.0227. The van der Waals surface area contributed by atoms with Gasteiger partial charge in [-0.25, -0.2) is 9.98 Å². The first kappa shape index (κ1) is 28.6. The Morgan fingerprint density at radius 3 is 2.04 bits per heavy atom. The number of para-hydroxylation sites is 2. The maximum atomic E-state index is 6.45. The van der Waals surface area contributed by atoms with Crippen LogP contribution in [0.3, 0.4) is 0 Å². The molecule has 0 N–H and O–H groups in total. The van der Waals surface area contributed by atoms with Crippen LogP contribution in [0, 0.1) is 0 Å². The largest absolute Gasteiger partial charge is 0.456 e. The summed E-state index contributed by atoms with van der Waals surface area (Å²) in [5.74, 6) is 1.01. The van der Waals surface area contributed by atoms with Crippen molar-refractivity contribution in [1.29, 1.82) is 0 Å². The van der Waals surface area contributed by atoms with E-state index >= 15 is 0 Å². The molecule has 0 aliphatic rings. The van der Waals surface area contributed by atoms with Crippen molar-refractivity contribution in [3.8, 4) is 11.1 Å². The van der Waals surface area contributed by atoms with Crippen molar-refractivity contribution in [2.45, 2.75) is 6.54 Å². The van der Waals surface area contributed by atoms with Gasteiger partial charge in [-0.05, 0) is 82.7 Å². The van der Waals surface area contributed by atoms with Crippen molar-refractivity contribution in [1.82, 2.24) is 0 Å². The predicted octanol–water partition coefficient (Wildman–Crippen LogP) is 11.4. The molecule has 0 aliphatic heterocycles. The summed E-state index contributed by atoms with van der Waals surface area (Å²) in [6, 6.07) is 51.5. The van der Waals surface area contributed by atoms with Gasteiger partial charge in [0.25, 0.3) is 0 Å². The summed E-state index contributed by atoms with van der Waals surface area (Å²) in [5, 5.41) is 6.33. The zero-order valence-corrected chi connectivity index (χ0v) is 26.5. The molecule has 0 bridgehead atoms. The van der Waals surface area contributed by atoms with Crippen molar-refractivity contribution >= 4 is 73.0 Å². The van der Waals surface area contributed by atoms with Gasteiger partial charge in [-0.3, -0.25) is 4.99 Å². The summed E-state index contributed by atoms with van der Waals surface area (Å²) in [5.41, 5.74) is 8.04. The normalized spacial score (nSPS) is 12.5. The molecule has 0 radical (unpaired) electrons. The first-order chi connectivity index (χ1) is 24.2. The highest BCUT2D eigenvalue weighted by Gasteiger charge is 2.19. The Labute approximate surface area is 282 Å². The molecule has 5 heteroatoms. The lowest BCUT2D eigenvalue weighted by molar-refractivity contribution is 0.668. The van der Waals surface area contributed by atoms with Gasteiger partial charge >= 0.3 is 0 Å². The van der Waals surface area contributed by atoms with E-state index in [-0.39, 0.29) is 0 Å². The number of rotatable bonds is 5. The number of furan rings is 2. The fourth-order valence-electron chi connectivity index (χ4n) is 6.65. The van der Waals surface area contributed by atoms with E-state index in [2.05, 4.69) is 96.6 Å². The minimum atomic E-state index is 0.454. The highest BCUT2D eigenvalue weighted by atomic mass is 16.3. The SMILES string of the molecule is C=N/C(=N\C(=N/Cc1ccccc1)c1ccc2oc3ccccc3c2c1)c1cc(-c2ccc3ccccc3c2)cc2oc3ccccc3c12. The van der Waals surface area contributed by atoms with E-state index < -0.39 is 0 Å². The molecule has 0 fully saturated rings. The highest BCUT2D eigenvalue weighted by Crippen LogP contribution is 2.37. The summed E-state index contributed by atoms with van der Waals surface area (Å²) >= 11 is 0. The van der Waals surface area contributed by atoms with Crippen molar-refractivity contribution in [3.63, 3.8) is 0 Å². The third-order valence-electron chi connectivity index (χ3n) is 9.05. The van der Waals surface area contributed by atoms with Crippen LogP contribution in [0.1, 0.15) is 16.7 Å². The molecule has 0 saturated carbocycles. The minimum Gasteiger partial charge on any atom is -0.456 e. The average molecular weight is 632 g/mol. The molecule has 9 rings (SSSR count). The standard InChI is InChI=1S/C44H29N3O2/c1-45-44(47-43(46-27-28-11-3-2-4-12-28)32-21-22-40-36(24-32)34-15-7-9-17-38(34)48-40)37-25-33(31-20-19-29-13-5-6-14-30(29)23-31)26-41-42(37)35-16-8-10-18-39(35)49-41/h2-26H,1,27H2/b46-43-,47-44-. The molecule has 0 aliphatic carbocycles. The van der Waals surface area contributed by atoms with Crippen LogP contribution in [0.25, 0.3) is 65.8 Å². The van der Waals surface area contributed by atoms with Gasteiger partial charge < -0.3 is 8.83 Å². The smallest absolute Gasteiger partial charge is 0.161 e.